The summed E-state index contributed by atoms with van der Waals surface area (Å²) in [5.74, 6) is -1.73. The molecule has 1 aromatic heterocycles. The zero-order chi connectivity index (χ0) is 23.0. The van der Waals surface area contributed by atoms with Crippen molar-refractivity contribution in [2.24, 2.45) is 5.73 Å². The number of nitrogens with two attached hydrogens (primary N) is 1. The largest absolute Gasteiger partial charge is 0.480 e. The van der Waals surface area contributed by atoms with E-state index in [1.165, 1.54) is 16.2 Å². The number of hydrogen-bond acceptors (Lipinski definition) is 4. The Morgan fingerprint density at radius 1 is 1.19 bits per heavy atom. The molecule has 0 saturated heterocycles. The molecule has 9 nitrogen and oxygen atoms in total. The number of amides is 1. The average molecular weight is 428 g/mol. The van der Waals surface area contributed by atoms with Gasteiger partial charge in [-0.05, 0) is 42.0 Å². The Hall–Kier alpha value is -3.62. The van der Waals surface area contributed by atoms with E-state index < -0.39 is 23.5 Å². The smallest absolute Gasteiger partial charge is 0.326 e. The molecule has 1 aromatic carbocycles. The Kier molecular flexibility index (Phi) is 8.36. The second kappa shape index (κ2) is 11.0. The Morgan fingerprint density at radius 2 is 1.87 bits per heavy atom. The number of nitrogens with zero attached hydrogens (tertiary/aromatic N) is 1. The zero-order valence-corrected chi connectivity index (χ0v) is 17.7. The van der Waals surface area contributed by atoms with Crippen molar-refractivity contribution in [1.29, 1.82) is 5.41 Å². The van der Waals surface area contributed by atoms with Crippen LogP contribution in [0.25, 0.3) is 0 Å². The molecule has 0 spiro atoms. The molecule has 0 aliphatic rings. The van der Waals surface area contributed by atoms with E-state index in [0.29, 0.717) is 25.4 Å². The lowest BCUT2D eigenvalue weighted by Crippen LogP contribution is -2.43. The third kappa shape index (κ3) is 6.98. The SMILES string of the molecule is CC(C)c1ccc(Cn2cccc(C(=O)N[C@@H](CCCNC(=N)N)C(=O)O)c2=O)cc1. The van der Waals surface area contributed by atoms with Gasteiger partial charge in [-0.15, -0.1) is 0 Å². The van der Waals surface area contributed by atoms with Crippen molar-refractivity contribution < 1.29 is 14.7 Å². The minimum Gasteiger partial charge on any atom is -0.480 e. The fourth-order valence-corrected chi connectivity index (χ4v) is 3.06. The Balaban J connectivity index is 2.09. The summed E-state index contributed by atoms with van der Waals surface area (Å²) in [6, 6.07) is 9.74. The minimum atomic E-state index is -1.20. The number of aliphatic carboxylic acids is 1. The van der Waals surface area contributed by atoms with Crippen LogP contribution in [0.15, 0.2) is 47.4 Å². The second-order valence-corrected chi connectivity index (χ2v) is 7.60. The van der Waals surface area contributed by atoms with Crippen molar-refractivity contribution in [2.45, 2.75) is 45.2 Å². The van der Waals surface area contributed by atoms with Crippen LogP contribution < -0.4 is 21.9 Å². The number of carboxylic acid groups (broad SMARTS) is 1. The molecular weight excluding hydrogens is 398 g/mol. The molecule has 1 amide bonds. The van der Waals surface area contributed by atoms with Gasteiger partial charge in [0.05, 0.1) is 6.54 Å². The lowest BCUT2D eigenvalue weighted by Gasteiger charge is -2.15. The van der Waals surface area contributed by atoms with E-state index in [1.807, 2.05) is 24.3 Å². The van der Waals surface area contributed by atoms with Gasteiger partial charge in [-0.25, -0.2) is 4.79 Å². The van der Waals surface area contributed by atoms with Crippen molar-refractivity contribution in [1.82, 2.24) is 15.2 Å². The number of carbonyl (C=O) groups is 2. The molecule has 2 aromatic rings. The van der Waals surface area contributed by atoms with Crippen molar-refractivity contribution >= 4 is 17.8 Å². The monoisotopic (exact) mass is 427 g/mol. The predicted molar refractivity (Wildman–Crippen MR) is 118 cm³/mol. The van der Waals surface area contributed by atoms with E-state index in [1.54, 1.807) is 12.3 Å². The maximum absolute atomic E-state index is 12.8. The van der Waals surface area contributed by atoms with Crippen molar-refractivity contribution in [3.8, 4) is 0 Å². The van der Waals surface area contributed by atoms with Crippen molar-refractivity contribution in [2.75, 3.05) is 6.54 Å². The first-order valence-corrected chi connectivity index (χ1v) is 10.1. The molecule has 0 bridgehead atoms. The molecule has 0 saturated carbocycles. The zero-order valence-electron chi connectivity index (χ0n) is 17.7. The third-order valence-electron chi connectivity index (χ3n) is 4.85. The van der Waals surface area contributed by atoms with Crippen LogP contribution in [0.5, 0.6) is 0 Å². The first kappa shape index (κ1) is 23.7. The van der Waals surface area contributed by atoms with E-state index in [2.05, 4.69) is 24.5 Å². The molecule has 6 N–H and O–H groups in total. The van der Waals surface area contributed by atoms with Crippen LogP contribution in [0.2, 0.25) is 0 Å². The number of pyridine rings is 1. The maximum atomic E-state index is 12.8. The Labute approximate surface area is 180 Å². The van der Waals surface area contributed by atoms with E-state index in [4.69, 9.17) is 11.1 Å². The van der Waals surface area contributed by atoms with Gasteiger partial charge >= 0.3 is 5.97 Å². The normalized spacial score (nSPS) is 11.7. The van der Waals surface area contributed by atoms with Crippen LogP contribution in [0.4, 0.5) is 0 Å². The lowest BCUT2D eigenvalue weighted by molar-refractivity contribution is -0.139. The number of rotatable bonds is 10. The Morgan fingerprint density at radius 3 is 2.45 bits per heavy atom. The summed E-state index contributed by atoms with van der Waals surface area (Å²) >= 11 is 0. The van der Waals surface area contributed by atoms with E-state index in [0.717, 1.165) is 5.56 Å². The van der Waals surface area contributed by atoms with Gasteiger partial charge in [0, 0.05) is 12.7 Å². The number of carbonyl (C=O) groups excluding carboxylic acids is 1. The molecule has 1 atom stereocenters. The first-order chi connectivity index (χ1) is 14.7. The van der Waals surface area contributed by atoms with Crippen LogP contribution in [-0.4, -0.2) is 40.1 Å². The van der Waals surface area contributed by atoms with Crippen LogP contribution in [0.3, 0.4) is 0 Å². The summed E-state index contributed by atoms with van der Waals surface area (Å²) in [6.07, 6.45) is 2.10. The van der Waals surface area contributed by atoms with Gasteiger partial charge < -0.3 is 26.0 Å². The van der Waals surface area contributed by atoms with Crippen LogP contribution in [-0.2, 0) is 11.3 Å². The molecule has 0 aliphatic carbocycles. The van der Waals surface area contributed by atoms with Crippen molar-refractivity contribution in [3.05, 3.63) is 69.6 Å². The van der Waals surface area contributed by atoms with Crippen LogP contribution in [0, 0.1) is 5.41 Å². The second-order valence-electron chi connectivity index (χ2n) is 7.60. The fraction of sp³-hybridized carbons (Fsp3) is 0.364. The molecular formula is C22H29N5O4. The molecule has 0 radical (unpaired) electrons. The number of benzene rings is 1. The summed E-state index contributed by atoms with van der Waals surface area (Å²) in [4.78, 5) is 36.8. The summed E-state index contributed by atoms with van der Waals surface area (Å²) in [6.45, 7) is 4.82. The molecule has 0 unspecified atom stereocenters. The number of hydrogen-bond donors (Lipinski definition) is 5. The predicted octanol–water partition coefficient (Wildman–Crippen LogP) is 1.47. The highest BCUT2D eigenvalue weighted by atomic mass is 16.4. The first-order valence-electron chi connectivity index (χ1n) is 10.1. The van der Waals surface area contributed by atoms with E-state index in [-0.39, 0.29) is 17.9 Å². The van der Waals surface area contributed by atoms with Gasteiger partial charge in [0.2, 0.25) is 0 Å². The number of carboxylic acids is 1. The average Bonchev–Trinajstić information content (AvgIpc) is 2.71. The molecule has 31 heavy (non-hydrogen) atoms. The Bertz CT molecular complexity index is 982. The van der Waals surface area contributed by atoms with E-state index in [9.17, 15) is 19.5 Å². The third-order valence-corrected chi connectivity index (χ3v) is 4.85. The van der Waals surface area contributed by atoms with Crippen LogP contribution in [0.1, 0.15) is 54.1 Å². The molecule has 166 valence electrons. The number of nitrogens with one attached hydrogen (secondary N) is 3. The van der Waals surface area contributed by atoms with Crippen molar-refractivity contribution in [3.63, 3.8) is 0 Å². The quantitative estimate of drug-likeness (QED) is 0.220. The molecule has 1 heterocycles. The molecule has 9 heteroatoms. The topological polar surface area (TPSA) is 150 Å². The summed E-state index contributed by atoms with van der Waals surface area (Å²) < 4.78 is 1.42. The van der Waals surface area contributed by atoms with Gasteiger partial charge in [-0.3, -0.25) is 15.0 Å². The van der Waals surface area contributed by atoms with Gasteiger partial charge in [0.1, 0.15) is 11.6 Å². The van der Waals surface area contributed by atoms with Gasteiger partial charge in [0.25, 0.3) is 11.5 Å². The highest BCUT2D eigenvalue weighted by molar-refractivity contribution is 5.96. The highest BCUT2D eigenvalue weighted by Gasteiger charge is 2.22. The van der Waals surface area contributed by atoms with Gasteiger partial charge in [-0.2, -0.15) is 0 Å². The highest BCUT2D eigenvalue weighted by Crippen LogP contribution is 2.15. The standard InChI is InChI=1S/C22H29N5O4/c1-14(2)16-9-7-15(8-10-16)13-27-12-4-5-17(20(27)29)19(28)26-18(21(30)31)6-3-11-25-22(23)24/h4-5,7-10,12,14,18H,3,6,11,13H2,1-2H3,(H,26,28)(H,30,31)(H4,23,24,25)/t18-/m0/s1. The number of aromatic nitrogens is 1. The van der Waals surface area contributed by atoms with Gasteiger partial charge in [0.15, 0.2) is 5.96 Å². The summed E-state index contributed by atoms with van der Waals surface area (Å²) in [5, 5.41) is 21.4. The summed E-state index contributed by atoms with van der Waals surface area (Å²) in [5.41, 5.74) is 6.69. The van der Waals surface area contributed by atoms with Gasteiger partial charge in [-0.1, -0.05) is 38.1 Å². The number of guanidine groups is 1. The van der Waals surface area contributed by atoms with Crippen LogP contribution >= 0.6 is 0 Å². The molecule has 0 aliphatic heterocycles. The molecule has 2 rings (SSSR count). The minimum absolute atomic E-state index is 0.116. The lowest BCUT2D eigenvalue weighted by atomic mass is 10.0. The summed E-state index contributed by atoms with van der Waals surface area (Å²) in [7, 11) is 0. The maximum Gasteiger partial charge on any atom is 0.326 e. The van der Waals surface area contributed by atoms with E-state index >= 15 is 0 Å². The fourth-order valence-electron chi connectivity index (χ4n) is 3.06. The molecule has 0 fully saturated rings.